The number of ether oxygens (including phenoxy) is 3. The molecule has 1 aliphatic heterocycles. The van der Waals surface area contributed by atoms with Gasteiger partial charge in [-0.1, -0.05) is 46.8 Å². The minimum absolute atomic E-state index is 0.0640. The second-order valence-corrected chi connectivity index (χ2v) is 14.8. The van der Waals surface area contributed by atoms with Crippen LogP contribution in [-0.2, 0) is 33.4 Å². The van der Waals surface area contributed by atoms with Crippen LogP contribution in [0.2, 0.25) is 0 Å². The molecular weight excluding hydrogens is 590 g/mol. The van der Waals surface area contributed by atoms with E-state index in [1.54, 1.807) is 39.2 Å². The Kier molecular flexibility index (Phi) is 25.3. The standard InChI is InChI=1S/C14H28O2S.C11H18O4S.C4H5NO2.C3H4/c1-9-16-11(15)13(5,6)10-14(7,8)17-12(2,3)4;1-4-10(16-13)6-5-9(2)11(12)15-8-7-14-3;6-3-1-2-4(7)5-3;1-3-2/h9-10H2,1-8H3;4-6,9,13H,7-8H2,1-3H3;1-2H2,(H,5,6,7);1H,2H3/b;6-5-,10-4+;;. The van der Waals surface area contributed by atoms with Gasteiger partial charge in [0.25, 0.3) is 0 Å². The molecule has 0 saturated carbocycles. The fourth-order valence-corrected chi connectivity index (χ4v) is 6.03. The molecule has 1 rings (SSSR count). The van der Waals surface area contributed by atoms with Crippen molar-refractivity contribution in [1.82, 2.24) is 5.32 Å². The van der Waals surface area contributed by atoms with E-state index in [4.69, 9.17) is 18.8 Å². The molecule has 248 valence electrons. The van der Waals surface area contributed by atoms with E-state index in [2.05, 4.69) is 52.3 Å². The van der Waals surface area contributed by atoms with Crippen molar-refractivity contribution in [3.05, 3.63) is 23.1 Å². The molecule has 43 heavy (non-hydrogen) atoms. The third-order valence-corrected chi connectivity index (χ3v) is 6.87. The van der Waals surface area contributed by atoms with E-state index in [0.29, 0.717) is 43.0 Å². The lowest BCUT2D eigenvalue weighted by atomic mass is 9.83. The Morgan fingerprint density at radius 1 is 1.07 bits per heavy atom. The third kappa shape index (κ3) is 27.1. The highest BCUT2D eigenvalue weighted by Crippen LogP contribution is 2.43. The van der Waals surface area contributed by atoms with Gasteiger partial charge in [0.1, 0.15) is 6.61 Å². The van der Waals surface area contributed by atoms with Gasteiger partial charge in [-0.3, -0.25) is 24.5 Å². The Morgan fingerprint density at radius 3 is 1.93 bits per heavy atom. The fourth-order valence-electron chi connectivity index (χ4n) is 3.69. The zero-order chi connectivity index (χ0) is 34.3. The van der Waals surface area contributed by atoms with Gasteiger partial charge in [-0.25, -0.2) is 0 Å². The Hall–Kier alpha value is -2.26. The molecule has 1 unspecified atom stereocenters. The van der Waals surface area contributed by atoms with Crippen LogP contribution in [0.15, 0.2) is 23.1 Å². The summed E-state index contributed by atoms with van der Waals surface area (Å²) in [4.78, 5) is 44.2. The van der Waals surface area contributed by atoms with Crippen LogP contribution in [0.25, 0.3) is 0 Å². The first kappa shape index (κ1) is 45.2. The van der Waals surface area contributed by atoms with Gasteiger partial charge >= 0.3 is 11.9 Å². The summed E-state index contributed by atoms with van der Waals surface area (Å²) in [5, 5.41) is 2.14. The number of nitrogens with one attached hydrogen (secondary N) is 1. The highest BCUT2D eigenvalue weighted by atomic mass is 32.2. The zero-order valence-corrected chi connectivity index (χ0v) is 29.9. The number of thioether (sulfide) groups is 1. The first-order valence-electron chi connectivity index (χ1n) is 14.1. The third-order valence-electron chi connectivity index (χ3n) is 4.98. The van der Waals surface area contributed by atoms with Crippen molar-refractivity contribution in [2.75, 3.05) is 26.9 Å². The molecule has 0 aromatic carbocycles. The molecule has 9 nitrogen and oxygen atoms in total. The van der Waals surface area contributed by atoms with Crippen LogP contribution in [0.5, 0.6) is 0 Å². The van der Waals surface area contributed by atoms with Gasteiger partial charge in [-0.2, -0.15) is 0 Å². The number of methoxy groups -OCH3 is 1. The van der Waals surface area contributed by atoms with E-state index in [1.165, 1.54) is 0 Å². The lowest BCUT2D eigenvalue weighted by Gasteiger charge is -2.37. The molecule has 1 saturated heterocycles. The number of hydrogen-bond donors (Lipinski definition) is 2. The zero-order valence-electron chi connectivity index (χ0n) is 28.3. The van der Waals surface area contributed by atoms with Gasteiger partial charge in [0.15, 0.2) is 0 Å². The first-order chi connectivity index (χ1) is 19.7. The van der Waals surface area contributed by atoms with Crippen LogP contribution in [0.4, 0.5) is 0 Å². The predicted octanol–water partition coefficient (Wildman–Crippen LogP) is 6.82. The number of imide groups is 1. The summed E-state index contributed by atoms with van der Waals surface area (Å²) in [6.45, 7) is 23.1. The van der Waals surface area contributed by atoms with Crippen molar-refractivity contribution < 1.29 is 37.9 Å². The van der Waals surface area contributed by atoms with Crippen LogP contribution in [0.1, 0.15) is 95.4 Å². The Morgan fingerprint density at radius 2 is 1.58 bits per heavy atom. The van der Waals surface area contributed by atoms with Gasteiger partial charge in [0.05, 0.1) is 24.5 Å². The van der Waals surface area contributed by atoms with Crippen molar-refractivity contribution in [3.63, 3.8) is 0 Å². The van der Waals surface area contributed by atoms with E-state index < -0.39 is 5.41 Å². The molecule has 0 spiro atoms. The highest BCUT2D eigenvalue weighted by molar-refractivity contribution is 8.01. The molecule has 0 bridgehead atoms. The number of carbonyl (C=O) groups excluding carboxylic acids is 4. The number of carbonyl (C=O) groups is 4. The maximum atomic E-state index is 11.9. The summed E-state index contributed by atoms with van der Waals surface area (Å²) in [7, 11) is 1.55. The maximum Gasteiger partial charge on any atom is 0.312 e. The number of esters is 2. The van der Waals surface area contributed by atoms with Crippen LogP contribution in [0, 0.1) is 23.7 Å². The summed E-state index contributed by atoms with van der Waals surface area (Å²) in [6, 6.07) is 0. The quantitative estimate of drug-likeness (QED) is 0.0583. The van der Waals surface area contributed by atoms with E-state index in [1.807, 2.05) is 39.5 Å². The topological polar surface area (TPSA) is 128 Å². The normalized spacial score (nSPS) is 14.1. The van der Waals surface area contributed by atoms with Crippen LogP contribution < -0.4 is 5.32 Å². The molecule has 2 amide bonds. The van der Waals surface area contributed by atoms with Crippen molar-refractivity contribution in [2.45, 2.75) is 105 Å². The van der Waals surface area contributed by atoms with Crippen molar-refractivity contribution >= 4 is 47.6 Å². The molecule has 2 N–H and O–H groups in total. The minimum atomic E-state index is -0.419. The number of allylic oxidation sites excluding steroid dienone is 2. The summed E-state index contributed by atoms with van der Waals surface area (Å²) in [5.74, 6) is 1.23. The first-order valence-corrected chi connectivity index (χ1v) is 15.7. The number of amides is 2. The highest BCUT2D eigenvalue weighted by Gasteiger charge is 2.38. The van der Waals surface area contributed by atoms with E-state index in [9.17, 15) is 19.2 Å². The summed E-state index contributed by atoms with van der Waals surface area (Å²) >= 11 is 2.56. The molecule has 11 heteroatoms. The van der Waals surface area contributed by atoms with Crippen molar-refractivity contribution in [2.24, 2.45) is 11.3 Å². The molecule has 0 radical (unpaired) electrons. The van der Waals surface area contributed by atoms with Crippen LogP contribution in [0.3, 0.4) is 0 Å². The Labute approximate surface area is 268 Å². The van der Waals surface area contributed by atoms with Gasteiger partial charge < -0.3 is 18.8 Å². The van der Waals surface area contributed by atoms with Gasteiger partial charge in [0.2, 0.25) is 11.8 Å². The molecule has 0 aliphatic carbocycles. The monoisotopic (exact) mass is 645 g/mol. The average Bonchev–Trinajstić information content (AvgIpc) is 3.26. The molecule has 0 aromatic heterocycles. The number of terminal acetylenes is 1. The summed E-state index contributed by atoms with van der Waals surface area (Å²) in [6.07, 6.45) is 11.3. The number of hydrogen-bond acceptors (Lipinski definition) is 10. The Balaban J connectivity index is -0.000000566. The molecule has 1 atom stereocenters. The van der Waals surface area contributed by atoms with E-state index >= 15 is 0 Å². The van der Waals surface area contributed by atoms with Crippen molar-refractivity contribution in [3.8, 4) is 12.3 Å². The second kappa shape index (κ2) is 24.1. The maximum absolute atomic E-state index is 11.9. The van der Waals surface area contributed by atoms with Gasteiger partial charge in [-0.15, -0.1) is 24.1 Å². The summed E-state index contributed by atoms with van der Waals surface area (Å²) < 4.78 is 23.9. The Bertz CT molecular complexity index is 930. The molecular formula is C32H55NO8S2. The average molecular weight is 646 g/mol. The molecule has 1 heterocycles. The van der Waals surface area contributed by atoms with E-state index in [-0.39, 0.29) is 45.8 Å². The van der Waals surface area contributed by atoms with Crippen molar-refractivity contribution in [1.29, 1.82) is 0 Å². The molecule has 1 aliphatic rings. The lowest BCUT2D eigenvalue weighted by molar-refractivity contribution is -0.154. The van der Waals surface area contributed by atoms with Crippen LogP contribution in [-0.4, -0.2) is 64.7 Å². The van der Waals surface area contributed by atoms with Crippen LogP contribution >= 0.6 is 23.8 Å². The fraction of sp³-hybridized carbons (Fsp3) is 0.688. The lowest BCUT2D eigenvalue weighted by Crippen LogP contribution is -2.35. The smallest absolute Gasteiger partial charge is 0.312 e. The molecule has 1 fully saturated rings. The minimum Gasteiger partial charge on any atom is -0.466 e. The number of rotatable bonds is 12. The predicted molar refractivity (Wildman–Crippen MR) is 178 cm³/mol. The van der Waals surface area contributed by atoms with Gasteiger partial charge in [-0.05, 0) is 54.0 Å². The summed E-state index contributed by atoms with van der Waals surface area (Å²) in [5.41, 5.74) is -0.419. The SMILES string of the molecule is C#CC.C/C=C(\C=C/C(C)C(=O)OCCOC)SO.CCOC(=O)C(C)(C)CC(C)(C)SC(C)(C)C.O=C1CCC(=O)N1. The van der Waals surface area contributed by atoms with E-state index in [0.717, 1.165) is 6.42 Å². The van der Waals surface area contributed by atoms with Gasteiger partial charge in [0, 0.05) is 46.4 Å². The second-order valence-electron chi connectivity index (χ2n) is 11.6. The largest absolute Gasteiger partial charge is 0.466 e. The molecule has 0 aromatic rings.